The van der Waals surface area contributed by atoms with Crippen molar-refractivity contribution < 1.29 is 19.4 Å². The third-order valence-corrected chi connectivity index (χ3v) is 11.4. The van der Waals surface area contributed by atoms with Crippen LogP contribution in [0, 0.1) is 0 Å². The summed E-state index contributed by atoms with van der Waals surface area (Å²) in [6.45, 7) is 5.27. The molecule has 0 rings (SSSR count). The Hall–Kier alpha value is -1.65. The van der Waals surface area contributed by atoms with Crippen molar-refractivity contribution in [2.24, 2.45) is 0 Å². The van der Waals surface area contributed by atoms with E-state index in [2.05, 4.69) is 62.5 Å². The molecule has 1 unspecified atom stereocenters. The van der Waals surface area contributed by atoms with Crippen LogP contribution in [-0.2, 0) is 14.3 Å². The van der Waals surface area contributed by atoms with E-state index in [9.17, 15) is 9.90 Å². The lowest BCUT2D eigenvalue weighted by atomic mass is 10.0. The van der Waals surface area contributed by atoms with Gasteiger partial charge in [0.15, 0.2) is 0 Å². The average molecular weight is 813 g/mol. The van der Waals surface area contributed by atoms with Crippen LogP contribution >= 0.6 is 0 Å². The van der Waals surface area contributed by atoms with Crippen molar-refractivity contribution in [2.45, 2.75) is 270 Å². The number of esters is 1. The molecule has 0 heterocycles. The van der Waals surface area contributed by atoms with Gasteiger partial charge in [0.1, 0.15) is 6.10 Å². The molecule has 0 amide bonds. The minimum absolute atomic E-state index is 0.170. The van der Waals surface area contributed by atoms with Crippen molar-refractivity contribution in [3.05, 3.63) is 48.6 Å². The second-order valence-corrected chi connectivity index (χ2v) is 17.2. The van der Waals surface area contributed by atoms with Gasteiger partial charge in [-0.1, -0.05) is 255 Å². The standard InChI is InChI=1S/C54H100O4/c1-3-5-7-9-11-13-15-17-19-21-23-25-27-28-30-32-34-36-38-40-42-44-46-48-50-57-52-53(51-55)58-54(56)49-47-45-43-41-39-37-35-33-31-29-26-24-22-20-18-16-14-12-10-8-6-4-2/h5,7,11,13,17,19,23,25,53,55H,3-4,6,8-10,12,14-16,18,20-22,24,26-52H2,1-2H3/b7-5-,13-11-,19-17-,25-23-. The number of carbonyl (C=O) groups is 1. The lowest BCUT2D eigenvalue weighted by Crippen LogP contribution is -2.27. The highest BCUT2D eigenvalue weighted by molar-refractivity contribution is 5.69. The molecule has 0 bridgehead atoms. The molecule has 0 aliphatic carbocycles. The molecule has 0 saturated heterocycles. The van der Waals surface area contributed by atoms with E-state index < -0.39 is 6.10 Å². The van der Waals surface area contributed by atoms with E-state index in [-0.39, 0.29) is 12.6 Å². The summed E-state index contributed by atoms with van der Waals surface area (Å²) in [5.41, 5.74) is 0. The SMILES string of the molecule is CC/C=C\C/C=C\C/C=C\C/C=C\CCCCCCCCCCCCCOCC(CO)OC(=O)CCCCCCCCCCCCCCCCCCCCCCCC. The molecular weight excluding hydrogens is 713 g/mol. The second kappa shape index (κ2) is 51.5. The van der Waals surface area contributed by atoms with Gasteiger partial charge in [0, 0.05) is 13.0 Å². The van der Waals surface area contributed by atoms with Crippen LogP contribution in [0.15, 0.2) is 48.6 Å². The van der Waals surface area contributed by atoms with Crippen LogP contribution in [0.25, 0.3) is 0 Å². The average Bonchev–Trinajstić information content (AvgIpc) is 3.23. The van der Waals surface area contributed by atoms with E-state index in [1.165, 1.54) is 199 Å². The maximum atomic E-state index is 12.3. The van der Waals surface area contributed by atoms with Gasteiger partial charge in [-0.3, -0.25) is 4.79 Å². The molecule has 0 fully saturated rings. The van der Waals surface area contributed by atoms with E-state index in [0.29, 0.717) is 19.6 Å². The largest absolute Gasteiger partial charge is 0.457 e. The summed E-state index contributed by atoms with van der Waals surface area (Å²) in [6.07, 6.45) is 67.8. The minimum Gasteiger partial charge on any atom is -0.457 e. The first kappa shape index (κ1) is 56.4. The van der Waals surface area contributed by atoms with Gasteiger partial charge >= 0.3 is 5.97 Å². The molecule has 0 aromatic rings. The zero-order valence-corrected chi connectivity index (χ0v) is 39.1. The van der Waals surface area contributed by atoms with Gasteiger partial charge < -0.3 is 14.6 Å². The van der Waals surface area contributed by atoms with Crippen molar-refractivity contribution >= 4 is 5.97 Å². The van der Waals surface area contributed by atoms with Crippen LogP contribution in [0.1, 0.15) is 264 Å². The summed E-state index contributed by atoms with van der Waals surface area (Å²) < 4.78 is 11.2. The van der Waals surface area contributed by atoms with Gasteiger partial charge in [-0.2, -0.15) is 0 Å². The maximum absolute atomic E-state index is 12.3. The number of hydrogen-bond donors (Lipinski definition) is 1. The first-order valence-corrected chi connectivity index (χ1v) is 25.7. The molecule has 340 valence electrons. The van der Waals surface area contributed by atoms with E-state index in [4.69, 9.17) is 9.47 Å². The highest BCUT2D eigenvalue weighted by Gasteiger charge is 2.13. The summed E-state index contributed by atoms with van der Waals surface area (Å²) in [7, 11) is 0. The lowest BCUT2D eigenvalue weighted by molar-refractivity contribution is -0.154. The normalized spacial score (nSPS) is 12.7. The Morgan fingerprint density at radius 2 is 0.776 bits per heavy atom. The predicted molar refractivity (Wildman–Crippen MR) is 256 cm³/mol. The molecule has 0 spiro atoms. The van der Waals surface area contributed by atoms with Gasteiger partial charge in [0.25, 0.3) is 0 Å². The zero-order chi connectivity index (χ0) is 41.9. The Morgan fingerprint density at radius 3 is 1.17 bits per heavy atom. The first-order valence-electron chi connectivity index (χ1n) is 25.7. The van der Waals surface area contributed by atoms with Crippen molar-refractivity contribution in [1.29, 1.82) is 0 Å². The van der Waals surface area contributed by atoms with Gasteiger partial charge in [-0.15, -0.1) is 0 Å². The van der Waals surface area contributed by atoms with Crippen LogP contribution in [0.2, 0.25) is 0 Å². The second-order valence-electron chi connectivity index (χ2n) is 17.2. The molecule has 0 radical (unpaired) electrons. The van der Waals surface area contributed by atoms with Crippen LogP contribution in [0.4, 0.5) is 0 Å². The Bertz CT molecular complexity index is 905. The summed E-state index contributed by atoms with van der Waals surface area (Å²) in [5, 5.41) is 9.65. The van der Waals surface area contributed by atoms with Crippen molar-refractivity contribution in [2.75, 3.05) is 19.8 Å². The number of ether oxygens (including phenoxy) is 2. The number of unbranched alkanes of at least 4 members (excludes halogenated alkanes) is 32. The third kappa shape index (κ3) is 48.7. The zero-order valence-electron chi connectivity index (χ0n) is 39.1. The molecule has 0 aliphatic heterocycles. The van der Waals surface area contributed by atoms with Gasteiger partial charge in [0.05, 0.1) is 13.2 Å². The van der Waals surface area contributed by atoms with Crippen molar-refractivity contribution in [3.8, 4) is 0 Å². The number of carbonyl (C=O) groups excluding carboxylic acids is 1. The van der Waals surface area contributed by atoms with Gasteiger partial charge in [-0.25, -0.2) is 0 Å². The number of rotatable bonds is 48. The quantitative estimate of drug-likeness (QED) is 0.0378. The van der Waals surface area contributed by atoms with Gasteiger partial charge in [-0.05, 0) is 51.4 Å². The molecule has 0 aromatic carbocycles. The maximum Gasteiger partial charge on any atom is 0.306 e. The number of hydrogen-bond acceptors (Lipinski definition) is 4. The number of aliphatic hydroxyl groups is 1. The highest BCUT2D eigenvalue weighted by atomic mass is 16.6. The predicted octanol–water partition coefficient (Wildman–Crippen LogP) is 17.4. The molecule has 0 aliphatic rings. The topological polar surface area (TPSA) is 55.8 Å². The Morgan fingerprint density at radius 1 is 0.431 bits per heavy atom. The molecule has 4 heteroatoms. The fraction of sp³-hybridized carbons (Fsp3) is 0.833. The molecule has 4 nitrogen and oxygen atoms in total. The fourth-order valence-corrected chi connectivity index (χ4v) is 7.62. The monoisotopic (exact) mass is 813 g/mol. The molecule has 1 atom stereocenters. The van der Waals surface area contributed by atoms with E-state index in [0.717, 1.165) is 44.9 Å². The Labute approximate surface area is 363 Å². The molecule has 1 N–H and O–H groups in total. The van der Waals surface area contributed by atoms with E-state index in [1.807, 2.05) is 0 Å². The smallest absolute Gasteiger partial charge is 0.306 e. The Kier molecular flexibility index (Phi) is 50.0. The highest BCUT2D eigenvalue weighted by Crippen LogP contribution is 2.16. The molecule has 58 heavy (non-hydrogen) atoms. The lowest BCUT2D eigenvalue weighted by Gasteiger charge is -2.16. The first-order chi connectivity index (χ1) is 28.7. The molecule has 0 aromatic heterocycles. The van der Waals surface area contributed by atoms with Crippen molar-refractivity contribution in [3.63, 3.8) is 0 Å². The van der Waals surface area contributed by atoms with E-state index in [1.54, 1.807) is 0 Å². The van der Waals surface area contributed by atoms with Crippen LogP contribution in [-0.4, -0.2) is 37.0 Å². The van der Waals surface area contributed by atoms with Crippen LogP contribution < -0.4 is 0 Å². The van der Waals surface area contributed by atoms with Crippen LogP contribution in [0.5, 0.6) is 0 Å². The van der Waals surface area contributed by atoms with Crippen molar-refractivity contribution in [1.82, 2.24) is 0 Å². The summed E-state index contributed by atoms with van der Waals surface area (Å²) in [4.78, 5) is 12.3. The molecular formula is C54H100O4. The number of allylic oxidation sites excluding steroid dienone is 8. The summed E-state index contributed by atoms with van der Waals surface area (Å²) in [5.74, 6) is -0.197. The molecule has 0 saturated carbocycles. The fourth-order valence-electron chi connectivity index (χ4n) is 7.62. The number of aliphatic hydroxyl groups excluding tert-OH is 1. The summed E-state index contributed by atoms with van der Waals surface area (Å²) in [6, 6.07) is 0. The van der Waals surface area contributed by atoms with E-state index >= 15 is 0 Å². The Balaban J connectivity index is 3.38. The minimum atomic E-state index is -0.535. The van der Waals surface area contributed by atoms with Crippen LogP contribution in [0.3, 0.4) is 0 Å². The third-order valence-electron chi connectivity index (χ3n) is 11.4. The summed E-state index contributed by atoms with van der Waals surface area (Å²) >= 11 is 0. The van der Waals surface area contributed by atoms with Gasteiger partial charge in [0.2, 0.25) is 0 Å².